The first-order chi connectivity index (χ1) is 9.61. The summed E-state index contributed by atoms with van der Waals surface area (Å²) in [6.45, 7) is 6.89. The molecule has 0 saturated heterocycles. The minimum absolute atomic E-state index is 0.201. The molecule has 0 aliphatic heterocycles. The zero-order valence-corrected chi connectivity index (χ0v) is 13.7. The highest BCUT2D eigenvalue weighted by Crippen LogP contribution is 2.31. The van der Waals surface area contributed by atoms with Crippen molar-refractivity contribution in [2.24, 2.45) is 0 Å². The molecular formula is C17H20BrNO. The molecule has 0 heterocycles. The molecule has 0 aliphatic rings. The van der Waals surface area contributed by atoms with Crippen LogP contribution in [-0.4, -0.2) is 6.61 Å². The summed E-state index contributed by atoms with van der Waals surface area (Å²) in [5.41, 5.74) is 3.46. The first-order valence-electron chi connectivity index (χ1n) is 6.86. The highest BCUT2D eigenvalue weighted by molar-refractivity contribution is 9.10. The van der Waals surface area contributed by atoms with Crippen LogP contribution in [0.25, 0.3) is 0 Å². The van der Waals surface area contributed by atoms with Gasteiger partial charge in [-0.1, -0.05) is 40.2 Å². The molecule has 0 amide bonds. The Morgan fingerprint density at radius 1 is 1.20 bits per heavy atom. The lowest BCUT2D eigenvalue weighted by Gasteiger charge is -2.20. The van der Waals surface area contributed by atoms with Crippen molar-refractivity contribution < 1.29 is 4.74 Å². The molecule has 0 aliphatic carbocycles. The van der Waals surface area contributed by atoms with Gasteiger partial charge in [-0.25, -0.2) is 0 Å². The zero-order chi connectivity index (χ0) is 14.5. The predicted octanol–water partition coefficient (Wildman–Crippen LogP) is 5.33. The third-order valence-electron chi connectivity index (χ3n) is 3.18. The smallest absolute Gasteiger partial charge is 0.142 e. The van der Waals surface area contributed by atoms with Gasteiger partial charge in [0, 0.05) is 10.5 Å². The van der Waals surface area contributed by atoms with Gasteiger partial charge in [0.05, 0.1) is 12.3 Å². The molecule has 2 aromatic rings. The van der Waals surface area contributed by atoms with Crippen LogP contribution in [0.4, 0.5) is 5.69 Å². The summed E-state index contributed by atoms with van der Waals surface area (Å²) in [4.78, 5) is 0. The Morgan fingerprint density at radius 3 is 2.65 bits per heavy atom. The summed E-state index contributed by atoms with van der Waals surface area (Å²) in [6.07, 6.45) is 0. The Morgan fingerprint density at radius 2 is 1.95 bits per heavy atom. The lowest BCUT2D eigenvalue weighted by molar-refractivity contribution is 0.341. The lowest BCUT2D eigenvalue weighted by atomic mass is 10.1. The van der Waals surface area contributed by atoms with E-state index in [1.165, 1.54) is 11.1 Å². The Bertz CT molecular complexity index is 583. The van der Waals surface area contributed by atoms with E-state index in [1.54, 1.807) is 0 Å². The van der Waals surface area contributed by atoms with Gasteiger partial charge in [-0.05, 0) is 50.1 Å². The van der Waals surface area contributed by atoms with Crippen molar-refractivity contribution in [2.45, 2.75) is 26.8 Å². The molecule has 1 atom stereocenters. The van der Waals surface area contributed by atoms with E-state index >= 15 is 0 Å². The van der Waals surface area contributed by atoms with Crippen LogP contribution in [0.5, 0.6) is 5.75 Å². The Kier molecular flexibility index (Phi) is 5.07. The van der Waals surface area contributed by atoms with Crippen LogP contribution in [0.1, 0.15) is 31.0 Å². The first-order valence-corrected chi connectivity index (χ1v) is 7.65. The molecule has 2 rings (SSSR count). The summed E-state index contributed by atoms with van der Waals surface area (Å²) in [5.74, 6) is 0.909. The second-order valence-electron chi connectivity index (χ2n) is 4.82. The Balaban J connectivity index is 2.23. The fourth-order valence-corrected chi connectivity index (χ4v) is 2.79. The van der Waals surface area contributed by atoms with Crippen LogP contribution in [0.3, 0.4) is 0 Å². The van der Waals surface area contributed by atoms with E-state index in [1.807, 2.05) is 13.0 Å². The minimum atomic E-state index is 0.201. The minimum Gasteiger partial charge on any atom is -0.492 e. The normalized spacial score (nSPS) is 12.0. The van der Waals surface area contributed by atoms with Gasteiger partial charge in [-0.3, -0.25) is 0 Å². The van der Waals surface area contributed by atoms with Crippen molar-refractivity contribution in [1.29, 1.82) is 0 Å². The van der Waals surface area contributed by atoms with Crippen molar-refractivity contribution in [3.05, 3.63) is 58.1 Å². The van der Waals surface area contributed by atoms with Crippen molar-refractivity contribution in [1.82, 2.24) is 0 Å². The van der Waals surface area contributed by atoms with Crippen LogP contribution < -0.4 is 10.1 Å². The van der Waals surface area contributed by atoms with Gasteiger partial charge in [-0.2, -0.15) is 0 Å². The number of benzene rings is 2. The van der Waals surface area contributed by atoms with Gasteiger partial charge >= 0.3 is 0 Å². The standard InChI is InChI=1S/C17H20BrNO/c1-4-20-17-11-12(2)9-10-16(17)19-13(3)14-7-5-6-8-15(14)18/h5-11,13,19H,4H2,1-3H3. The maximum Gasteiger partial charge on any atom is 0.142 e. The largest absolute Gasteiger partial charge is 0.492 e. The third kappa shape index (κ3) is 3.54. The molecular weight excluding hydrogens is 314 g/mol. The van der Waals surface area contributed by atoms with Crippen molar-refractivity contribution in [3.8, 4) is 5.75 Å². The quantitative estimate of drug-likeness (QED) is 0.798. The fraction of sp³-hybridized carbons (Fsp3) is 0.294. The van der Waals surface area contributed by atoms with Crippen molar-refractivity contribution >= 4 is 21.6 Å². The average molecular weight is 334 g/mol. The van der Waals surface area contributed by atoms with Crippen LogP contribution in [-0.2, 0) is 0 Å². The number of halogens is 1. The van der Waals surface area contributed by atoms with E-state index in [4.69, 9.17) is 4.74 Å². The molecule has 20 heavy (non-hydrogen) atoms. The number of aryl methyl sites for hydroxylation is 1. The van der Waals surface area contributed by atoms with Gasteiger partial charge in [-0.15, -0.1) is 0 Å². The maximum atomic E-state index is 5.71. The average Bonchev–Trinajstić information content (AvgIpc) is 2.42. The van der Waals surface area contributed by atoms with Crippen molar-refractivity contribution in [3.63, 3.8) is 0 Å². The summed E-state index contributed by atoms with van der Waals surface area (Å²) < 4.78 is 6.83. The van der Waals surface area contributed by atoms with Crippen molar-refractivity contribution in [2.75, 3.05) is 11.9 Å². The SMILES string of the molecule is CCOc1cc(C)ccc1NC(C)c1ccccc1Br. The highest BCUT2D eigenvalue weighted by Gasteiger charge is 2.11. The van der Waals surface area contributed by atoms with E-state index in [2.05, 4.69) is 71.5 Å². The summed E-state index contributed by atoms with van der Waals surface area (Å²) in [7, 11) is 0. The second-order valence-corrected chi connectivity index (χ2v) is 5.67. The second kappa shape index (κ2) is 6.80. The van der Waals surface area contributed by atoms with E-state index in [0.717, 1.165) is 15.9 Å². The van der Waals surface area contributed by atoms with Gasteiger partial charge in [0.2, 0.25) is 0 Å². The lowest BCUT2D eigenvalue weighted by Crippen LogP contribution is -2.09. The molecule has 0 aromatic heterocycles. The molecule has 3 heteroatoms. The Hall–Kier alpha value is -1.48. The number of hydrogen-bond donors (Lipinski definition) is 1. The predicted molar refractivity (Wildman–Crippen MR) is 88.5 cm³/mol. The highest BCUT2D eigenvalue weighted by atomic mass is 79.9. The number of ether oxygens (including phenoxy) is 1. The van der Waals surface area contributed by atoms with Gasteiger partial charge in [0.1, 0.15) is 5.75 Å². The summed E-state index contributed by atoms with van der Waals surface area (Å²) in [6, 6.07) is 14.7. The first kappa shape index (κ1) is 14.9. The van der Waals surface area contributed by atoms with Gasteiger partial charge in [0.15, 0.2) is 0 Å². The van der Waals surface area contributed by atoms with Crippen LogP contribution in [0.15, 0.2) is 46.9 Å². The van der Waals surface area contributed by atoms with Crippen LogP contribution in [0, 0.1) is 6.92 Å². The molecule has 0 bridgehead atoms. The maximum absolute atomic E-state index is 5.71. The molecule has 2 nitrogen and oxygen atoms in total. The molecule has 0 fully saturated rings. The van der Waals surface area contributed by atoms with Crippen LogP contribution >= 0.6 is 15.9 Å². The number of hydrogen-bond acceptors (Lipinski definition) is 2. The third-order valence-corrected chi connectivity index (χ3v) is 3.90. The summed E-state index contributed by atoms with van der Waals surface area (Å²) >= 11 is 3.60. The molecule has 1 unspecified atom stereocenters. The zero-order valence-electron chi connectivity index (χ0n) is 12.1. The number of anilines is 1. The van der Waals surface area contributed by atoms with Gasteiger partial charge in [0.25, 0.3) is 0 Å². The molecule has 2 aromatic carbocycles. The number of nitrogens with one attached hydrogen (secondary N) is 1. The van der Waals surface area contributed by atoms with E-state index in [9.17, 15) is 0 Å². The molecule has 1 N–H and O–H groups in total. The summed E-state index contributed by atoms with van der Waals surface area (Å²) in [5, 5.41) is 3.52. The van der Waals surface area contributed by atoms with E-state index < -0.39 is 0 Å². The number of rotatable bonds is 5. The van der Waals surface area contributed by atoms with Crippen LogP contribution in [0.2, 0.25) is 0 Å². The van der Waals surface area contributed by atoms with E-state index in [-0.39, 0.29) is 6.04 Å². The molecule has 0 saturated carbocycles. The topological polar surface area (TPSA) is 21.3 Å². The van der Waals surface area contributed by atoms with Gasteiger partial charge < -0.3 is 10.1 Å². The Labute approximate surface area is 129 Å². The molecule has 0 spiro atoms. The molecule has 0 radical (unpaired) electrons. The fourth-order valence-electron chi connectivity index (χ4n) is 2.16. The molecule has 106 valence electrons. The van der Waals surface area contributed by atoms with E-state index in [0.29, 0.717) is 6.61 Å². The monoisotopic (exact) mass is 333 g/mol.